The number of likely N-dealkylation sites (N-methyl/N-ethyl adjacent to an activating group) is 1. The lowest BCUT2D eigenvalue weighted by molar-refractivity contribution is 0.302. The summed E-state index contributed by atoms with van der Waals surface area (Å²) in [6.45, 7) is 8.09. The number of hydrogen-bond acceptors (Lipinski definition) is 3. The molecule has 0 aliphatic heterocycles. The van der Waals surface area contributed by atoms with Crippen molar-refractivity contribution in [3.05, 3.63) is 29.8 Å². The molecule has 0 aliphatic rings. The fourth-order valence-electron chi connectivity index (χ4n) is 1.82. The maximum absolute atomic E-state index is 8.98. The van der Waals surface area contributed by atoms with E-state index in [0.29, 0.717) is 6.54 Å². The molecule has 0 atom stereocenters. The summed E-state index contributed by atoms with van der Waals surface area (Å²) in [5, 5.41) is 12.4. The molecule has 2 N–H and O–H groups in total. The molecule has 17 heavy (non-hydrogen) atoms. The van der Waals surface area contributed by atoms with Crippen molar-refractivity contribution in [1.82, 2.24) is 5.32 Å². The van der Waals surface area contributed by atoms with E-state index in [0.717, 1.165) is 26.1 Å². The summed E-state index contributed by atoms with van der Waals surface area (Å²) in [4.78, 5) is 2.17. The fourth-order valence-corrected chi connectivity index (χ4v) is 1.82. The Morgan fingerprint density at radius 1 is 1.18 bits per heavy atom. The van der Waals surface area contributed by atoms with Crippen molar-refractivity contribution < 1.29 is 5.11 Å². The van der Waals surface area contributed by atoms with Crippen LogP contribution in [0.4, 0.5) is 5.69 Å². The van der Waals surface area contributed by atoms with Crippen molar-refractivity contribution in [2.75, 3.05) is 31.1 Å². The second-order valence-electron chi connectivity index (χ2n) is 4.15. The van der Waals surface area contributed by atoms with Gasteiger partial charge in [0.15, 0.2) is 0 Å². The molecule has 0 unspecified atom stereocenters. The monoisotopic (exact) mass is 236 g/mol. The van der Waals surface area contributed by atoms with Gasteiger partial charge in [0.25, 0.3) is 0 Å². The van der Waals surface area contributed by atoms with Crippen LogP contribution in [0.25, 0.3) is 0 Å². The summed E-state index contributed by atoms with van der Waals surface area (Å²) in [7, 11) is 0. The molecule has 0 saturated carbocycles. The minimum absolute atomic E-state index is 0.202. The Kier molecular flexibility index (Phi) is 6.67. The van der Waals surface area contributed by atoms with E-state index in [1.165, 1.54) is 11.3 Å². The molecule has 3 nitrogen and oxygen atoms in total. The molecule has 0 bridgehead atoms. The van der Waals surface area contributed by atoms with Gasteiger partial charge in [-0.25, -0.2) is 0 Å². The molecule has 0 saturated heterocycles. The molecule has 0 amide bonds. The highest BCUT2D eigenvalue weighted by Crippen LogP contribution is 2.14. The second-order valence-corrected chi connectivity index (χ2v) is 4.15. The maximum Gasteiger partial charge on any atom is 0.0606 e. The third-order valence-electron chi connectivity index (χ3n) is 2.81. The molecular weight excluding hydrogens is 212 g/mol. The zero-order valence-electron chi connectivity index (χ0n) is 10.9. The third-order valence-corrected chi connectivity index (χ3v) is 2.81. The molecule has 3 heteroatoms. The van der Waals surface area contributed by atoms with E-state index in [4.69, 9.17) is 5.11 Å². The summed E-state index contributed by atoms with van der Waals surface area (Å²) in [5.74, 6) is 0. The molecule has 1 aromatic carbocycles. The van der Waals surface area contributed by atoms with Gasteiger partial charge >= 0.3 is 0 Å². The van der Waals surface area contributed by atoms with Crippen LogP contribution in [0.2, 0.25) is 0 Å². The largest absolute Gasteiger partial charge is 0.395 e. The Bertz CT molecular complexity index is 298. The van der Waals surface area contributed by atoms with Crippen molar-refractivity contribution in [1.29, 1.82) is 0 Å². The highest BCUT2D eigenvalue weighted by atomic mass is 16.3. The first kappa shape index (κ1) is 14.0. The fraction of sp³-hybridized carbons (Fsp3) is 0.571. The van der Waals surface area contributed by atoms with Crippen molar-refractivity contribution in [3.8, 4) is 0 Å². The number of nitrogens with zero attached hydrogens (tertiary/aromatic N) is 1. The Morgan fingerprint density at radius 2 is 1.88 bits per heavy atom. The van der Waals surface area contributed by atoms with E-state index in [1.54, 1.807) is 0 Å². The first-order valence-corrected chi connectivity index (χ1v) is 6.47. The third kappa shape index (κ3) is 4.75. The standard InChI is InChI=1S/C14H24N2O/c1-3-9-15-12-13-5-7-14(8-6-13)16(4-2)10-11-17/h5-8,15,17H,3-4,9-12H2,1-2H3. The number of benzene rings is 1. The maximum atomic E-state index is 8.98. The molecular formula is C14H24N2O. The Labute approximate surface area is 104 Å². The van der Waals surface area contributed by atoms with Gasteiger partial charge in [0.2, 0.25) is 0 Å². The van der Waals surface area contributed by atoms with Gasteiger partial charge in [-0.3, -0.25) is 0 Å². The van der Waals surface area contributed by atoms with Crippen molar-refractivity contribution in [2.45, 2.75) is 26.8 Å². The molecule has 0 spiro atoms. The second kappa shape index (κ2) is 8.09. The number of hydrogen-bond donors (Lipinski definition) is 2. The number of aliphatic hydroxyl groups is 1. The SMILES string of the molecule is CCCNCc1ccc(N(CC)CCO)cc1. The molecule has 1 rings (SSSR count). The summed E-state index contributed by atoms with van der Waals surface area (Å²) in [5.41, 5.74) is 2.49. The van der Waals surface area contributed by atoms with Crippen LogP contribution >= 0.6 is 0 Å². The Balaban J connectivity index is 2.53. The number of rotatable bonds is 8. The summed E-state index contributed by atoms with van der Waals surface area (Å²) in [6.07, 6.45) is 1.16. The van der Waals surface area contributed by atoms with Crippen LogP contribution < -0.4 is 10.2 Å². The highest BCUT2D eigenvalue weighted by molar-refractivity contribution is 5.47. The lowest BCUT2D eigenvalue weighted by atomic mass is 10.2. The zero-order chi connectivity index (χ0) is 12.5. The van der Waals surface area contributed by atoms with E-state index < -0.39 is 0 Å². The average molecular weight is 236 g/mol. The van der Waals surface area contributed by atoms with Crippen LogP contribution in [0.15, 0.2) is 24.3 Å². The predicted octanol–water partition coefficient (Wildman–Crippen LogP) is 2.00. The van der Waals surface area contributed by atoms with Gasteiger partial charge < -0.3 is 15.3 Å². The van der Waals surface area contributed by atoms with E-state index in [1.807, 2.05) is 0 Å². The molecule has 0 fully saturated rings. The molecule has 0 radical (unpaired) electrons. The van der Waals surface area contributed by atoms with E-state index in [9.17, 15) is 0 Å². The average Bonchev–Trinajstić information content (AvgIpc) is 2.37. The van der Waals surface area contributed by atoms with Crippen molar-refractivity contribution in [3.63, 3.8) is 0 Å². The van der Waals surface area contributed by atoms with Gasteiger partial charge in [0.1, 0.15) is 0 Å². The zero-order valence-corrected chi connectivity index (χ0v) is 10.9. The first-order valence-electron chi connectivity index (χ1n) is 6.47. The van der Waals surface area contributed by atoms with E-state index >= 15 is 0 Å². The van der Waals surface area contributed by atoms with Crippen LogP contribution in [0.1, 0.15) is 25.8 Å². The Hall–Kier alpha value is -1.06. The summed E-state index contributed by atoms with van der Waals surface area (Å²) < 4.78 is 0. The van der Waals surface area contributed by atoms with Crippen LogP contribution in [0, 0.1) is 0 Å². The molecule has 0 aliphatic carbocycles. The summed E-state index contributed by atoms with van der Waals surface area (Å²) >= 11 is 0. The highest BCUT2D eigenvalue weighted by Gasteiger charge is 2.02. The van der Waals surface area contributed by atoms with Crippen molar-refractivity contribution >= 4 is 5.69 Å². The summed E-state index contributed by atoms with van der Waals surface area (Å²) in [6, 6.07) is 8.56. The van der Waals surface area contributed by atoms with Crippen molar-refractivity contribution in [2.24, 2.45) is 0 Å². The smallest absolute Gasteiger partial charge is 0.0606 e. The predicted molar refractivity (Wildman–Crippen MR) is 73.4 cm³/mol. The minimum Gasteiger partial charge on any atom is -0.395 e. The molecule has 1 aromatic rings. The number of nitrogens with one attached hydrogen (secondary N) is 1. The lowest BCUT2D eigenvalue weighted by Crippen LogP contribution is -2.26. The quantitative estimate of drug-likeness (QED) is 0.678. The Morgan fingerprint density at radius 3 is 2.41 bits per heavy atom. The van der Waals surface area contributed by atoms with Crippen LogP contribution in [-0.2, 0) is 6.54 Å². The number of aliphatic hydroxyl groups excluding tert-OH is 1. The van der Waals surface area contributed by atoms with Crippen LogP contribution in [0.5, 0.6) is 0 Å². The minimum atomic E-state index is 0.202. The van der Waals surface area contributed by atoms with E-state index in [2.05, 4.69) is 48.3 Å². The van der Waals surface area contributed by atoms with Gasteiger partial charge in [-0.2, -0.15) is 0 Å². The normalized spacial score (nSPS) is 10.5. The van der Waals surface area contributed by atoms with Gasteiger partial charge in [0, 0.05) is 25.3 Å². The van der Waals surface area contributed by atoms with Gasteiger partial charge in [-0.1, -0.05) is 19.1 Å². The topological polar surface area (TPSA) is 35.5 Å². The van der Waals surface area contributed by atoms with E-state index in [-0.39, 0.29) is 6.61 Å². The van der Waals surface area contributed by atoms with Crippen LogP contribution in [-0.4, -0.2) is 31.3 Å². The van der Waals surface area contributed by atoms with Gasteiger partial charge in [0.05, 0.1) is 6.61 Å². The van der Waals surface area contributed by atoms with Crippen LogP contribution in [0.3, 0.4) is 0 Å². The van der Waals surface area contributed by atoms with Gasteiger partial charge in [-0.05, 0) is 37.6 Å². The lowest BCUT2D eigenvalue weighted by Gasteiger charge is -2.22. The molecule has 0 aromatic heterocycles. The van der Waals surface area contributed by atoms with Gasteiger partial charge in [-0.15, -0.1) is 0 Å². The first-order chi connectivity index (χ1) is 8.31. The molecule has 96 valence electrons. The molecule has 0 heterocycles. The number of anilines is 1.